The van der Waals surface area contributed by atoms with Crippen LogP contribution in [0.15, 0.2) is 24.4 Å². The fourth-order valence-corrected chi connectivity index (χ4v) is 1.79. The summed E-state index contributed by atoms with van der Waals surface area (Å²) in [7, 11) is 0. The smallest absolute Gasteiger partial charge is 0.418 e. The number of halogens is 4. The molecule has 0 fully saturated rings. The van der Waals surface area contributed by atoms with Gasteiger partial charge < -0.3 is 4.74 Å². The minimum atomic E-state index is -4.61. The normalized spacial score (nSPS) is 11.5. The highest BCUT2D eigenvalue weighted by Crippen LogP contribution is 2.35. The van der Waals surface area contributed by atoms with Gasteiger partial charge in [0.1, 0.15) is 0 Å². The molecule has 0 unspecified atom stereocenters. The van der Waals surface area contributed by atoms with Crippen molar-refractivity contribution in [2.24, 2.45) is 0 Å². The quantitative estimate of drug-likeness (QED) is 0.816. The number of rotatable bonds is 3. The van der Waals surface area contributed by atoms with Crippen LogP contribution >= 0.6 is 11.6 Å². The van der Waals surface area contributed by atoms with Crippen LogP contribution in [0.25, 0.3) is 5.69 Å². The Kier molecular flexibility index (Phi) is 4.17. The minimum Gasteiger partial charge on any atom is -0.461 e. The number of alkyl halides is 3. The van der Waals surface area contributed by atoms with Crippen LogP contribution < -0.4 is 0 Å². The first-order chi connectivity index (χ1) is 9.82. The largest absolute Gasteiger partial charge is 0.461 e. The predicted molar refractivity (Wildman–Crippen MR) is 67.3 cm³/mol. The van der Waals surface area contributed by atoms with E-state index in [1.807, 2.05) is 0 Å². The minimum absolute atomic E-state index is 0.0585. The molecule has 112 valence electrons. The number of hydrogen-bond acceptors (Lipinski definition) is 4. The lowest BCUT2D eigenvalue weighted by Crippen LogP contribution is -2.11. The Bertz CT molecular complexity index is 670. The molecule has 1 heterocycles. The van der Waals surface area contributed by atoms with Crippen molar-refractivity contribution in [2.75, 3.05) is 6.61 Å². The second-order valence-electron chi connectivity index (χ2n) is 3.93. The van der Waals surface area contributed by atoms with Crippen molar-refractivity contribution in [3.63, 3.8) is 0 Å². The maximum Gasteiger partial charge on any atom is 0.418 e. The van der Waals surface area contributed by atoms with E-state index in [-0.39, 0.29) is 23.0 Å². The van der Waals surface area contributed by atoms with E-state index in [2.05, 4.69) is 10.3 Å². The molecule has 0 aliphatic rings. The van der Waals surface area contributed by atoms with Gasteiger partial charge in [-0.2, -0.15) is 13.2 Å². The maximum absolute atomic E-state index is 13.0. The summed E-state index contributed by atoms with van der Waals surface area (Å²) < 4.78 is 44.5. The number of hydrogen-bond donors (Lipinski definition) is 0. The molecule has 0 atom stereocenters. The summed E-state index contributed by atoms with van der Waals surface area (Å²) in [6.07, 6.45) is -3.55. The number of carbonyl (C=O) groups excluding carboxylic acids is 1. The summed E-state index contributed by atoms with van der Waals surface area (Å²) in [6.45, 7) is 1.73. The molecule has 1 aromatic heterocycles. The van der Waals surface area contributed by atoms with Gasteiger partial charge in [-0.15, -0.1) is 5.10 Å². The van der Waals surface area contributed by atoms with Gasteiger partial charge >= 0.3 is 12.1 Å². The highest BCUT2D eigenvalue weighted by molar-refractivity contribution is 6.30. The first-order valence-electron chi connectivity index (χ1n) is 5.79. The molecule has 2 rings (SSSR count). The molecular weight excluding hydrogens is 311 g/mol. The molecule has 1 aromatic carbocycles. The van der Waals surface area contributed by atoms with E-state index in [9.17, 15) is 18.0 Å². The zero-order chi connectivity index (χ0) is 15.6. The summed E-state index contributed by atoms with van der Waals surface area (Å²) in [5.41, 5.74) is -1.44. The Morgan fingerprint density at radius 2 is 2.14 bits per heavy atom. The van der Waals surface area contributed by atoms with Gasteiger partial charge in [0.2, 0.25) is 0 Å². The molecule has 21 heavy (non-hydrogen) atoms. The van der Waals surface area contributed by atoms with Gasteiger partial charge in [0.25, 0.3) is 0 Å². The molecule has 2 aromatic rings. The fourth-order valence-electron chi connectivity index (χ4n) is 1.62. The molecule has 0 radical (unpaired) electrons. The SMILES string of the molecule is CCOC(=O)c1cn(-c2ccc(Cl)cc2C(F)(F)F)nn1. The summed E-state index contributed by atoms with van der Waals surface area (Å²) >= 11 is 5.59. The van der Waals surface area contributed by atoms with Crippen LogP contribution in [-0.2, 0) is 10.9 Å². The predicted octanol–water partition coefficient (Wildman–Crippen LogP) is 3.12. The number of esters is 1. The lowest BCUT2D eigenvalue weighted by atomic mass is 10.1. The molecule has 0 saturated carbocycles. The highest BCUT2D eigenvalue weighted by Gasteiger charge is 2.34. The molecule has 0 saturated heterocycles. The Morgan fingerprint density at radius 3 is 2.76 bits per heavy atom. The molecule has 0 N–H and O–H groups in total. The van der Waals surface area contributed by atoms with Crippen LogP contribution in [0.2, 0.25) is 5.02 Å². The van der Waals surface area contributed by atoms with Crippen LogP contribution in [0, 0.1) is 0 Å². The molecular formula is C12H9ClF3N3O2. The summed E-state index contributed by atoms with van der Waals surface area (Å²) in [6, 6.07) is 3.22. The zero-order valence-electron chi connectivity index (χ0n) is 10.7. The molecule has 0 spiro atoms. The van der Waals surface area contributed by atoms with Crippen molar-refractivity contribution in [3.05, 3.63) is 40.7 Å². The summed E-state index contributed by atoms with van der Waals surface area (Å²) in [5.74, 6) is -0.758. The Morgan fingerprint density at radius 1 is 1.43 bits per heavy atom. The van der Waals surface area contributed by atoms with Crippen molar-refractivity contribution in [1.29, 1.82) is 0 Å². The second kappa shape index (κ2) is 5.72. The number of carbonyl (C=O) groups is 1. The molecule has 0 amide bonds. The molecule has 0 aliphatic carbocycles. The zero-order valence-corrected chi connectivity index (χ0v) is 11.4. The van der Waals surface area contributed by atoms with Crippen LogP contribution in [0.5, 0.6) is 0 Å². The van der Waals surface area contributed by atoms with Crippen molar-refractivity contribution in [3.8, 4) is 5.69 Å². The first-order valence-corrected chi connectivity index (χ1v) is 6.17. The van der Waals surface area contributed by atoms with E-state index >= 15 is 0 Å². The van der Waals surface area contributed by atoms with E-state index in [4.69, 9.17) is 16.3 Å². The van der Waals surface area contributed by atoms with Gasteiger partial charge in [0.05, 0.1) is 24.1 Å². The number of aromatic nitrogens is 3. The number of ether oxygens (including phenoxy) is 1. The second-order valence-corrected chi connectivity index (χ2v) is 4.36. The van der Waals surface area contributed by atoms with Gasteiger partial charge in [-0.25, -0.2) is 9.48 Å². The monoisotopic (exact) mass is 319 g/mol. The van der Waals surface area contributed by atoms with E-state index in [1.165, 1.54) is 6.07 Å². The van der Waals surface area contributed by atoms with Gasteiger partial charge in [-0.1, -0.05) is 16.8 Å². The first kappa shape index (κ1) is 15.3. The Hall–Kier alpha value is -2.09. The fraction of sp³-hybridized carbons (Fsp3) is 0.250. The average Bonchev–Trinajstić information content (AvgIpc) is 2.87. The summed E-state index contributed by atoms with van der Waals surface area (Å²) in [4.78, 5) is 11.4. The van der Waals surface area contributed by atoms with Gasteiger partial charge in [0.15, 0.2) is 5.69 Å². The van der Waals surface area contributed by atoms with Crippen molar-refractivity contribution in [1.82, 2.24) is 15.0 Å². The van der Waals surface area contributed by atoms with Crippen molar-refractivity contribution >= 4 is 17.6 Å². The van der Waals surface area contributed by atoms with Crippen LogP contribution in [0.3, 0.4) is 0 Å². The lowest BCUT2D eigenvalue weighted by Gasteiger charge is -2.12. The third-order valence-electron chi connectivity index (χ3n) is 2.49. The topological polar surface area (TPSA) is 57.0 Å². The third kappa shape index (κ3) is 3.33. The maximum atomic E-state index is 13.0. The molecule has 5 nitrogen and oxygen atoms in total. The highest BCUT2D eigenvalue weighted by atomic mass is 35.5. The van der Waals surface area contributed by atoms with Gasteiger partial charge in [-0.3, -0.25) is 0 Å². The van der Waals surface area contributed by atoms with E-state index < -0.39 is 17.7 Å². The van der Waals surface area contributed by atoms with Crippen molar-refractivity contribution in [2.45, 2.75) is 13.1 Å². The summed E-state index contributed by atoms with van der Waals surface area (Å²) in [5, 5.41) is 6.95. The Balaban J connectivity index is 2.46. The number of nitrogens with zero attached hydrogens (tertiary/aromatic N) is 3. The van der Waals surface area contributed by atoms with Crippen LogP contribution in [-0.4, -0.2) is 27.6 Å². The molecule has 0 aliphatic heterocycles. The van der Waals surface area contributed by atoms with Gasteiger partial charge in [-0.05, 0) is 25.1 Å². The van der Waals surface area contributed by atoms with E-state index in [0.29, 0.717) is 0 Å². The van der Waals surface area contributed by atoms with E-state index in [1.54, 1.807) is 6.92 Å². The Labute approximate surface area is 122 Å². The molecule has 0 bridgehead atoms. The third-order valence-corrected chi connectivity index (χ3v) is 2.72. The van der Waals surface area contributed by atoms with Gasteiger partial charge in [0, 0.05) is 5.02 Å². The number of benzene rings is 1. The molecule has 9 heteroatoms. The average molecular weight is 320 g/mol. The lowest BCUT2D eigenvalue weighted by molar-refractivity contribution is -0.137. The standard InChI is InChI=1S/C12H9ClF3N3O2/c1-2-21-11(20)9-6-19(18-17-9)10-4-3-7(13)5-8(10)12(14,15)16/h3-6H,2H2,1H3. The van der Waals surface area contributed by atoms with Crippen molar-refractivity contribution < 1.29 is 22.7 Å². The van der Waals surface area contributed by atoms with Crippen LogP contribution in [0.1, 0.15) is 23.0 Å². The van der Waals surface area contributed by atoms with Crippen LogP contribution in [0.4, 0.5) is 13.2 Å². The van der Waals surface area contributed by atoms with E-state index in [0.717, 1.165) is 23.0 Å².